The molecular weight excluding hydrogens is 148 g/mol. The van der Waals surface area contributed by atoms with Crippen LogP contribution in [0.2, 0.25) is 0 Å². The first-order valence-corrected chi connectivity index (χ1v) is 2.77. The van der Waals surface area contributed by atoms with Crippen LogP contribution >= 0.6 is 0 Å². The molecule has 4 nitrogen and oxygen atoms in total. The summed E-state index contributed by atoms with van der Waals surface area (Å²) < 4.78 is 4.36. The quantitative estimate of drug-likeness (QED) is 0.256. The van der Waals surface area contributed by atoms with Crippen molar-refractivity contribution in [3.05, 3.63) is 0 Å². The van der Waals surface area contributed by atoms with E-state index < -0.39 is 6.16 Å². The lowest BCUT2D eigenvalue weighted by Crippen LogP contribution is -2.07. The van der Waals surface area contributed by atoms with Crippen LogP contribution in [0.3, 0.4) is 0 Å². The molecule has 0 aliphatic carbocycles. The minimum Gasteiger partial charge on any atom is -0.433 e. The minimum atomic E-state index is -0.792. The third-order valence-corrected chi connectivity index (χ3v) is 0.507. The molecule has 0 spiro atoms. The van der Waals surface area contributed by atoms with Crippen LogP contribution in [0.1, 0.15) is 13.8 Å². The highest BCUT2D eigenvalue weighted by Gasteiger charge is 1.99. The van der Waals surface area contributed by atoms with Gasteiger partial charge in [0.2, 0.25) is 0 Å². The van der Waals surface area contributed by atoms with Crippen LogP contribution in [0.25, 0.3) is 0 Å². The van der Waals surface area contributed by atoms with Gasteiger partial charge in [0.1, 0.15) is 0 Å². The Balaban J connectivity index is 0. The fourth-order valence-corrected chi connectivity index (χ4v) is 0.249. The molecule has 58 valence electrons. The van der Waals surface area contributed by atoms with Gasteiger partial charge < -0.3 is 4.74 Å². The summed E-state index contributed by atoms with van der Waals surface area (Å²) in [5, 5.41) is 0. The van der Waals surface area contributed by atoms with E-state index in [4.69, 9.17) is 0 Å². The van der Waals surface area contributed by atoms with Crippen molar-refractivity contribution in [3.8, 4) is 0 Å². The fraction of sp³-hybridized carbons (Fsp3) is 0.800. The second-order valence-corrected chi connectivity index (χ2v) is 1.17. The summed E-state index contributed by atoms with van der Waals surface area (Å²) in [6, 6.07) is 0. The standard InChI is InChI=1S/C5H10O4.Mg.2H/c1-3-7-5(6)9-8-4-2;;;/h3-4H2,1-2H3;;;. The Kier molecular flexibility index (Phi) is 11.4. The summed E-state index contributed by atoms with van der Waals surface area (Å²) in [4.78, 5) is 18.6. The van der Waals surface area contributed by atoms with Gasteiger partial charge in [0.25, 0.3) is 0 Å². The van der Waals surface area contributed by atoms with Gasteiger partial charge in [-0.1, -0.05) is 0 Å². The first-order valence-electron chi connectivity index (χ1n) is 2.77. The Bertz CT molecular complexity index is 85.7. The van der Waals surface area contributed by atoms with Crippen LogP contribution in [-0.2, 0) is 14.5 Å². The summed E-state index contributed by atoms with van der Waals surface area (Å²) in [5.41, 5.74) is 0. The molecule has 0 amide bonds. The van der Waals surface area contributed by atoms with E-state index in [0.717, 1.165) is 0 Å². The molecular formula is C5H12MgO4. The van der Waals surface area contributed by atoms with Crippen molar-refractivity contribution in [2.24, 2.45) is 0 Å². The number of hydrogen-bond acceptors (Lipinski definition) is 4. The maximum Gasteiger partial charge on any atom is 0.540 e. The summed E-state index contributed by atoms with van der Waals surface area (Å²) >= 11 is 0. The number of carbonyl (C=O) groups excluding carboxylic acids is 1. The Hall–Kier alpha value is -0.00377. The largest absolute Gasteiger partial charge is 0.540 e. The average Bonchev–Trinajstić information content (AvgIpc) is 1.85. The van der Waals surface area contributed by atoms with Crippen LogP contribution < -0.4 is 0 Å². The number of rotatable bonds is 3. The van der Waals surface area contributed by atoms with Crippen LogP contribution in [0.5, 0.6) is 0 Å². The molecule has 0 saturated carbocycles. The number of carbonyl (C=O) groups is 1. The Morgan fingerprint density at radius 1 is 1.30 bits per heavy atom. The topological polar surface area (TPSA) is 44.8 Å². The molecule has 0 aromatic carbocycles. The highest BCUT2D eigenvalue weighted by molar-refractivity contribution is 5.75. The number of ether oxygens (including phenoxy) is 1. The molecule has 0 N–H and O–H groups in total. The predicted octanol–water partition coefficient (Wildman–Crippen LogP) is 0.195. The summed E-state index contributed by atoms with van der Waals surface area (Å²) in [7, 11) is 0. The van der Waals surface area contributed by atoms with Crippen LogP contribution in [0.4, 0.5) is 4.79 Å². The van der Waals surface area contributed by atoms with Gasteiger partial charge in [-0.3, -0.25) is 4.89 Å². The molecule has 5 heteroatoms. The van der Waals surface area contributed by atoms with Gasteiger partial charge in [-0.2, -0.15) is 4.89 Å². The van der Waals surface area contributed by atoms with Crippen molar-refractivity contribution in [2.45, 2.75) is 13.8 Å². The molecule has 0 saturated heterocycles. The van der Waals surface area contributed by atoms with Crippen LogP contribution in [0.15, 0.2) is 0 Å². The first kappa shape index (κ1) is 12.7. The lowest BCUT2D eigenvalue weighted by Gasteiger charge is -1.98. The predicted molar refractivity (Wildman–Crippen MR) is 38.3 cm³/mol. The smallest absolute Gasteiger partial charge is 0.433 e. The zero-order valence-corrected chi connectivity index (χ0v) is 5.55. The minimum absolute atomic E-state index is 0. The van der Waals surface area contributed by atoms with E-state index in [0.29, 0.717) is 13.2 Å². The van der Waals surface area contributed by atoms with Crippen molar-refractivity contribution in [1.29, 1.82) is 0 Å². The Labute approximate surface area is 75.9 Å². The first-order chi connectivity index (χ1) is 4.31. The monoisotopic (exact) mass is 160 g/mol. The van der Waals surface area contributed by atoms with E-state index in [9.17, 15) is 4.79 Å². The zero-order chi connectivity index (χ0) is 7.11. The molecule has 0 unspecified atom stereocenters. The van der Waals surface area contributed by atoms with Crippen molar-refractivity contribution in [3.63, 3.8) is 0 Å². The molecule has 0 aliphatic heterocycles. The van der Waals surface area contributed by atoms with Gasteiger partial charge in [-0.15, -0.1) is 0 Å². The lowest BCUT2D eigenvalue weighted by molar-refractivity contribution is -0.250. The summed E-state index contributed by atoms with van der Waals surface area (Å²) in [6.07, 6.45) is -0.792. The molecule has 0 aromatic heterocycles. The number of hydrogen-bond donors (Lipinski definition) is 0. The molecule has 0 atom stereocenters. The Morgan fingerprint density at radius 3 is 2.30 bits per heavy atom. The molecule has 0 aromatic rings. The maximum absolute atomic E-state index is 10.2. The molecule has 0 fully saturated rings. The maximum atomic E-state index is 10.2. The van der Waals surface area contributed by atoms with E-state index in [1.54, 1.807) is 13.8 Å². The Morgan fingerprint density at radius 2 is 1.90 bits per heavy atom. The van der Waals surface area contributed by atoms with E-state index in [1.165, 1.54) is 0 Å². The fourth-order valence-electron chi connectivity index (χ4n) is 0.249. The highest BCUT2D eigenvalue weighted by atomic mass is 24.3. The van der Waals surface area contributed by atoms with E-state index >= 15 is 0 Å². The molecule has 0 rings (SSSR count). The van der Waals surface area contributed by atoms with Crippen molar-refractivity contribution < 1.29 is 19.3 Å². The van der Waals surface area contributed by atoms with Gasteiger partial charge in [0.15, 0.2) is 0 Å². The second-order valence-electron chi connectivity index (χ2n) is 1.17. The molecule has 0 radical (unpaired) electrons. The van der Waals surface area contributed by atoms with Gasteiger partial charge in [-0.05, 0) is 13.8 Å². The molecule has 10 heavy (non-hydrogen) atoms. The van der Waals surface area contributed by atoms with Crippen molar-refractivity contribution in [2.75, 3.05) is 13.2 Å². The third kappa shape index (κ3) is 8.00. The molecule has 0 aliphatic rings. The van der Waals surface area contributed by atoms with E-state index in [2.05, 4.69) is 14.5 Å². The van der Waals surface area contributed by atoms with E-state index in [-0.39, 0.29) is 23.1 Å². The van der Waals surface area contributed by atoms with E-state index in [1.807, 2.05) is 0 Å². The van der Waals surface area contributed by atoms with Crippen LogP contribution in [-0.4, -0.2) is 42.4 Å². The van der Waals surface area contributed by atoms with Gasteiger partial charge in [0, 0.05) is 0 Å². The average molecular weight is 160 g/mol. The second kappa shape index (κ2) is 9.00. The highest BCUT2D eigenvalue weighted by Crippen LogP contribution is 1.84. The van der Waals surface area contributed by atoms with Crippen molar-refractivity contribution >= 4 is 29.2 Å². The normalized spacial score (nSPS) is 7.80. The molecule has 0 bridgehead atoms. The summed E-state index contributed by atoms with van der Waals surface area (Å²) in [6.45, 7) is 4.02. The lowest BCUT2D eigenvalue weighted by atomic mass is 10.9. The third-order valence-electron chi connectivity index (χ3n) is 0.507. The SMILES string of the molecule is CCOOC(=O)OCC.[MgH2]. The van der Waals surface area contributed by atoms with Crippen LogP contribution in [0, 0.1) is 0 Å². The molecule has 0 heterocycles. The summed E-state index contributed by atoms with van der Waals surface area (Å²) in [5.74, 6) is 0. The van der Waals surface area contributed by atoms with Gasteiger partial charge in [-0.25, -0.2) is 4.79 Å². The van der Waals surface area contributed by atoms with Crippen molar-refractivity contribution in [1.82, 2.24) is 0 Å². The zero-order valence-electron chi connectivity index (χ0n) is 5.55. The van der Waals surface area contributed by atoms with Gasteiger partial charge in [0.05, 0.1) is 13.2 Å². The van der Waals surface area contributed by atoms with Gasteiger partial charge >= 0.3 is 29.2 Å².